The lowest BCUT2D eigenvalue weighted by Gasteiger charge is -2.06. The zero-order valence-corrected chi connectivity index (χ0v) is 16.1. The van der Waals surface area contributed by atoms with Crippen molar-refractivity contribution in [1.82, 2.24) is 9.78 Å². The fourth-order valence-corrected chi connectivity index (χ4v) is 3.07. The molecule has 0 aliphatic heterocycles. The van der Waals surface area contributed by atoms with Crippen LogP contribution in [0.15, 0.2) is 71.3 Å². The highest BCUT2D eigenvalue weighted by molar-refractivity contribution is 6.30. The molecule has 0 bridgehead atoms. The number of rotatable bonds is 5. The third kappa shape index (κ3) is 3.81. The number of aromatic nitrogens is 2. The molecule has 2 aromatic heterocycles. The standard InChI is InChI=1S/C21H14ClFN4O3/c22-12-3-1-4-14(9-12)27-18(19-5-2-8-30-19)11-17(26-27)21(29)25-13-6-7-16(23)15(10-13)20(24)28/h1-11H,(H2,24,28)(H,25,29). The van der Waals surface area contributed by atoms with Crippen LogP contribution < -0.4 is 11.1 Å². The minimum atomic E-state index is -0.936. The second kappa shape index (κ2) is 7.84. The topological polar surface area (TPSA) is 103 Å². The van der Waals surface area contributed by atoms with Crippen LogP contribution in [0.4, 0.5) is 10.1 Å². The van der Waals surface area contributed by atoms with Gasteiger partial charge in [-0.3, -0.25) is 9.59 Å². The van der Waals surface area contributed by atoms with Gasteiger partial charge in [-0.25, -0.2) is 9.07 Å². The Morgan fingerprint density at radius 2 is 1.93 bits per heavy atom. The van der Waals surface area contributed by atoms with Crippen molar-refractivity contribution >= 4 is 29.1 Å². The van der Waals surface area contributed by atoms with Crippen molar-refractivity contribution in [2.45, 2.75) is 0 Å². The van der Waals surface area contributed by atoms with Gasteiger partial charge in [-0.05, 0) is 48.5 Å². The average Bonchev–Trinajstić information content (AvgIpc) is 3.39. The molecular formula is C21H14ClFN4O3. The lowest BCUT2D eigenvalue weighted by molar-refractivity contribution is 0.0992. The molecule has 150 valence electrons. The lowest BCUT2D eigenvalue weighted by atomic mass is 10.1. The largest absolute Gasteiger partial charge is 0.463 e. The number of hydrogen-bond acceptors (Lipinski definition) is 4. The monoisotopic (exact) mass is 424 g/mol. The van der Waals surface area contributed by atoms with Crippen LogP contribution in [-0.2, 0) is 0 Å². The fraction of sp³-hybridized carbons (Fsp3) is 0. The maximum absolute atomic E-state index is 13.7. The third-order valence-electron chi connectivity index (χ3n) is 4.26. The van der Waals surface area contributed by atoms with Gasteiger partial charge in [0.2, 0.25) is 0 Å². The number of benzene rings is 2. The molecule has 0 fully saturated rings. The van der Waals surface area contributed by atoms with E-state index in [4.69, 9.17) is 21.8 Å². The summed E-state index contributed by atoms with van der Waals surface area (Å²) in [6, 6.07) is 15.5. The number of carbonyl (C=O) groups excluding carboxylic acids is 2. The molecule has 0 saturated carbocycles. The molecule has 2 aromatic carbocycles. The number of halogens is 2. The van der Waals surface area contributed by atoms with Crippen LogP contribution in [0.3, 0.4) is 0 Å². The summed E-state index contributed by atoms with van der Waals surface area (Å²) in [6.45, 7) is 0. The molecule has 2 heterocycles. The van der Waals surface area contributed by atoms with Crippen molar-refractivity contribution in [2.24, 2.45) is 5.73 Å². The van der Waals surface area contributed by atoms with Crippen LogP contribution in [0, 0.1) is 5.82 Å². The van der Waals surface area contributed by atoms with Crippen LogP contribution in [0.1, 0.15) is 20.8 Å². The molecule has 0 radical (unpaired) electrons. The Balaban J connectivity index is 1.71. The highest BCUT2D eigenvalue weighted by atomic mass is 35.5. The molecule has 4 aromatic rings. The SMILES string of the molecule is NC(=O)c1cc(NC(=O)c2cc(-c3ccco3)n(-c3cccc(Cl)c3)n2)ccc1F. The number of nitrogens with one attached hydrogen (secondary N) is 1. The number of nitrogens with two attached hydrogens (primary N) is 1. The predicted molar refractivity (Wildman–Crippen MR) is 109 cm³/mol. The Bertz CT molecular complexity index is 1250. The molecule has 0 saturated heterocycles. The van der Waals surface area contributed by atoms with Gasteiger partial charge in [-0.1, -0.05) is 17.7 Å². The van der Waals surface area contributed by atoms with Gasteiger partial charge in [0.1, 0.15) is 11.5 Å². The van der Waals surface area contributed by atoms with Crippen molar-refractivity contribution in [3.8, 4) is 17.1 Å². The maximum Gasteiger partial charge on any atom is 0.276 e. The molecule has 0 aliphatic carbocycles. The van der Waals surface area contributed by atoms with Crippen molar-refractivity contribution in [2.75, 3.05) is 5.32 Å². The Labute approximate surface area is 174 Å². The number of amides is 2. The van der Waals surface area contributed by atoms with Gasteiger partial charge < -0.3 is 15.5 Å². The second-order valence-electron chi connectivity index (χ2n) is 6.30. The van der Waals surface area contributed by atoms with E-state index in [-0.39, 0.29) is 16.9 Å². The van der Waals surface area contributed by atoms with Crippen molar-refractivity contribution in [3.63, 3.8) is 0 Å². The molecule has 0 aliphatic rings. The molecule has 0 atom stereocenters. The number of nitrogens with zero attached hydrogens (tertiary/aromatic N) is 2. The third-order valence-corrected chi connectivity index (χ3v) is 4.49. The van der Waals surface area contributed by atoms with Gasteiger partial charge in [0.05, 0.1) is 17.5 Å². The molecule has 3 N–H and O–H groups in total. The minimum absolute atomic E-state index is 0.0753. The molecule has 4 rings (SSSR count). The molecule has 0 spiro atoms. The van der Waals surface area contributed by atoms with E-state index in [1.807, 2.05) is 0 Å². The summed E-state index contributed by atoms with van der Waals surface area (Å²) in [5.74, 6) is -1.77. The van der Waals surface area contributed by atoms with Crippen molar-refractivity contribution < 1.29 is 18.4 Å². The number of furan rings is 1. The van der Waals surface area contributed by atoms with Crippen LogP contribution >= 0.6 is 11.6 Å². The first-order valence-electron chi connectivity index (χ1n) is 8.73. The molecule has 2 amide bonds. The number of hydrogen-bond donors (Lipinski definition) is 2. The summed E-state index contributed by atoms with van der Waals surface area (Å²) >= 11 is 6.09. The first-order valence-corrected chi connectivity index (χ1v) is 9.11. The van der Waals surface area contributed by atoms with E-state index in [0.717, 1.165) is 12.1 Å². The van der Waals surface area contributed by atoms with Crippen LogP contribution in [0.2, 0.25) is 5.02 Å². The Hall–Kier alpha value is -3.91. The van der Waals surface area contributed by atoms with Crippen LogP contribution in [0.25, 0.3) is 17.1 Å². The first kappa shape index (κ1) is 19.4. The summed E-state index contributed by atoms with van der Waals surface area (Å²) in [6.07, 6.45) is 1.51. The number of carbonyl (C=O) groups is 2. The van der Waals surface area contributed by atoms with Gasteiger partial charge in [0.25, 0.3) is 11.8 Å². The van der Waals surface area contributed by atoms with Gasteiger partial charge >= 0.3 is 0 Å². The molecule has 7 nitrogen and oxygen atoms in total. The molecule has 9 heteroatoms. The summed E-state index contributed by atoms with van der Waals surface area (Å²) in [5, 5.41) is 7.46. The van der Waals surface area contributed by atoms with E-state index >= 15 is 0 Å². The number of anilines is 1. The first-order chi connectivity index (χ1) is 14.4. The van der Waals surface area contributed by atoms with E-state index < -0.39 is 17.6 Å². The van der Waals surface area contributed by atoms with Gasteiger partial charge in [0.15, 0.2) is 11.5 Å². The quantitative estimate of drug-likeness (QED) is 0.499. The fourth-order valence-electron chi connectivity index (χ4n) is 2.88. The Morgan fingerprint density at radius 3 is 2.63 bits per heavy atom. The lowest BCUT2D eigenvalue weighted by Crippen LogP contribution is -2.16. The van der Waals surface area contributed by atoms with E-state index in [1.165, 1.54) is 17.0 Å². The zero-order valence-electron chi connectivity index (χ0n) is 15.3. The summed E-state index contributed by atoms with van der Waals surface area (Å²) < 4.78 is 20.7. The maximum atomic E-state index is 13.7. The number of primary amides is 1. The molecular weight excluding hydrogens is 411 g/mol. The highest BCUT2D eigenvalue weighted by Gasteiger charge is 2.19. The zero-order chi connectivity index (χ0) is 21.3. The molecule has 30 heavy (non-hydrogen) atoms. The summed E-state index contributed by atoms with van der Waals surface area (Å²) in [5.41, 5.74) is 6.26. The van der Waals surface area contributed by atoms with E-state index in [2.05, 4.69) is 10.4 Å². The summed E-state index contributed by atoms with van der Waals surface area (Å²) in [7, 11) is 0. The van der Waals surface area contributed by atoms with Crippen molar-refractivity contribution in [1.29, 1.82) is 0 Å². The second-order valence-corrected chi connectivity index (χ2v) is 6.73. The average molecular weight is 425 g/mol. The summed E-state index contributed by atoms with van der Waals surface area (Å²) in [4.78, 5) is 24.1. The predicted octanol–water partition coefficient (Wildman–Crippen LogP) is 4.28. The minimum Gasteiger partial charge on any atom is -0.463 e. The van der Waals surface area contributed by atoms with Crippen LogP contribution in [0.5, 0.6) is 0 Å². The molecule has 0 unspecified atom stereocenters. The Kier molecular flexibility index (Phi) is 5.07. The van der Waals surface area contributed by atoms with Gasteiger partial charge in [-0.15, -0.1) is 0 Å². The smallest absolute Gasteiger partial charge is 0.276 e. The highest BCUT2D eigenvalue weighted by Crippen LogP contribution is 2.26. The van der Waals surface area contributed by atoms with Gasteiger partial charge in [-0.2, -0.15) is 5.10 Å². The van der Waals surface area contributed by atoms with Crippen molar-refractivity contribution in [3.05, 3.63) is 89.0 Å². The van der Waals surface area contributed by atoms with E-state index in [0.29, 0.717) is 22.2 Å². The Morgan fingerprint density at radius 1 is 1.10 bits per heavy atom. The van der Waals surface area contributed by atoms with E-state index in [1.54, 1.807) is 42.5 Å². The van der Waals surface area contributed by atoms with E-state index in [9.17, 15) is 14.0 Å². The van der Waals surface area contributed by atoms with Crippen LogP contribution in [-0.4, -0.2) is 21.6 Å². The normalized spacial score (nSPS) is 10.7. The van der Waals surface area contributed by atoms with Gasteiger partial charge in [0, 0.05) is 16.8 Å².